The Balaban J connectivity index is 1.98. The summed E-state index contributed by atoms with van der Waals surface area (Å²) >= 11 is 0. The summed E-state index contributed by atoms with van der Waals surface area (Å²) in [7, 11) is -8.03. The molecule has 0 aliphatic carbocycles. The number of phenolic OH excluding ortho intramolecular Hbond substituents is 1. The Morgan fingerprint density at radius 2 is 1.86 bits per heavy atom. The molecule has 1 amide bonds. The van der Waals surface area contributed by atoms with Crippen LogP contribution >= 0.6 is 0 Å². The molecule has 2 aromatic rings. The van der Waals surface area contributed by atoms with Gasteiger partial charge in [-0.3, -0.25) is 9.52 Å². The molecule has 0 aromatic heterocycles. The number of aryl methyl sites for hydroxylation is 2. The molecule has 10 nitrogen and oxygen atoms in total. The summed E-state index contributed by atoms with van der Waals surface area (Å²) < 4.78 is 51.9. The molecule has 0 atom stereocenters. The molecule has 1 fully saturated rings. The lowest BCUT2D eigenvalue weighted by molar-refractivity contribution is -0.117. The van der Waals surface area contributed by atoms with Gasteiger partial charge in [-0.25, -0.2) is 14.2 Å². The Hall–Kier alpha value is -2.83. The largest absolute Gasteiger partial charge is 0.506 e. The summed E-state index contributed by atoms with van der Waals surface area (Å²) in [5.74, 6) is -1.02. The lowest BCUT2D eigenvalue weighted by Crippen LogP contribution is -2.29. The Bertz CT molecular complexity index is 1210. The van der Waals surface area contributed by atoms with Crippen LogP contribution in [0.1, 0.15) is 22.3 Å². The Morgan fingerprint density at radius 3 is 2.41 bits per heavy atom. The number of carbonyl (C=O) groups is 1. The van der Waals surface area contributed by atoms with Crippen molar-refractivity contribution in [1.82, 2.24) is 4.72 Å². The monoisotopic (exact) mass is 440 g/mol. The Morgan fingerprint density at radius 1 is 1.21 bits per heavy atom. The van der Waals surface area contributed by atoms with Gasteiger partial charge in [-0.05, 0) is 54.7 Å². The van der Waals surface area contributed by atoms with Gasteiger partial charge in [-0.15, -0.1) is 0 Å². The molecule has 1 heterocycles. The van der Waals surface area contributed by atoms with Crippen LogP contribution < -0.4 is 18.9 Å². The van der Waals surface area contributed by atoms with Crippen LogP contribution in [0.25, 0.3) is 0 Å². The van der Waals surface area contributed by atoms with Gasteiger partial charge in [0.25, 0.3) is 16.1 Å². The van der Waals surface area contributed by atoms with Crippen molar-refractivity contribution < 1.29 is 26.7 Å². The fourth-order valence-corrected chi connectivity index (χ4v) is 4.87. The molecule has 0 saturated carbocycles. The van der Waals surface area contributed by atoms with Crippen molar-refractivity contribution in [2.75, 3.05) is 15.6 Å². The molecule has 1 aliphatic rings. The number of nitrogens with one attached hydrogen (secondary N) is 2. The number of phenols is 1. The number of aromatic hydroxyl groups is 1. The van der Waals surface area contributed by atoms with E-state index in [-0.39, 0.29) is 17.9 Å². The smallest absolute Gasteiger partial charge is 0.326 e. The summed E-state index contributed by atoms with van der Waals surface area (Å²) in [5, 5.41) is 15.5. The predicted octanol–water partition coefficient (Wildman–Crippen LogP) is 0.396. The normalized spacial score (nSPS) is 16.0. The molecule has 5 N–H and O–H groups in total. The van der Waals surface area contributed by atoms with Gasteiger partial charge in [0.1, 0.15) is 12.3 Å². The third kappa shape index (κ3) is 4.44. The van der Waals surface area contributed by atoms with E-state index < -0.39 is 32.9 Å². The maximum atomic E-state index is 12.0. The third-order valence-electron chi connectivity index (χ3n) is 4.51. The van der Waals surface area contributed by atoms with Crippen molar-refractivity contribution in [3.8, 4) is 5.75 Å². The first-order chi connectivity index (χ1) is 13.4. The minimum atomic E-state index is -4.04. The molecule has 29 heavy (non-hydrogen) atoms. The molecule has 2 aromatic carbocycles. The van der Waals surface area contributed by atoms with Crippen LogP contribution in [0, 0.1) is 13.8 Å². The second kappa shape index (κ2) is 7.21. The van der Waals surface area contributed by atoms with E-state index in [1.807, 2.05) is 17.7 Å². The summed E-state index contributed by atoms with van der Waals surface area (Å²) in [6.45, 7) is 3.12. The number of hydrogen-bond acceptors (Lipinski definition) is 6. The zero-order valence-corrected chi connectivity index (χ0v) is 17.3. The van der Waals surface area contributed by atoms with Crippen molar-refractivity contribution in [3.05, 3.63) is 52.6 Å². The minimum Gasteiger partial charge on any atom is -0.506 e. The predicted molar refractivity (Wildman–Crippen MR) is 108 cm³/mol. The van der Waals surface area contributed by atoms with Gasteiger partial charge in [0, 0.05) is 0 Å². The van der Waals surface area contributed by atoms with Crippen LogP contribution in [0.3, 0.4) is 0 Å². The van der Waals surface area contributed by atoms with Crippen LogP contribution in [0.15, 0.2) is 30.3 Å². The molecular weight excluding hydrogens is 420 g/mol. The molecule has 1 aliphatic heterocycles. The average molecular weight is 441 g/mol. The van der Waals surface area contributed by atoms with Crippen molar-refractivity contribution in [2.45, 2.75) is 20.3 Å². The maximum absolute atomic E-state index is 12.0. The van der Waals surface area contributed by atoms with E-state index in [1.165, 1.54) is 12.1 Å². The fourth-order valence-electron chi connectivity index (χ4n) is 3.14. The Labute approximate surface area is 168 Å². The zero-order chi connectivity index (χ0) is 21.6. The second-order valence-electron chi connectivity index (χ2n) is 6.74. The number of benzene rings is 2. The van der Waals surface area contributed by atoms with Crippen molar-refractivity contribution in [2.24, 2.45) is 5.14 Å². The van der Waals surface area contributed by atoms with Gasteiger partial charge < -0.3 is 5.11 Å². The number of nitrogens with two attached hydrogens (primary N) is 1. The number of rotatable bonds is 5. The number of nitrogens with zero attached hydrogens (tertiary/aromatic N) is 1. The number of carbonyl (C=O) groups excluding carboxylic acids is 1. The van der Waals surface area contributed by atoms with E-state index in [4.69, 9.17) is 5.14 Å². The van der Waals surface area contributed by atoms with Crippen molar-refractivity contribution in [3.63, 3.8) is 0 Å². The van der Waals surface area contributed by atoms with E-state index >= 15 is 0 Å². The highest BCUT2D eigenvalue weighted by atomic mass is 32.2. The average Bonchev–Trinajstić information content (AvgIpc) is 2.85. The highest BCUT2D eigenvalue weighted by Crippen LogP contribution is 2.33. The maximum Gasteiger partial charge on any atom is 0.326 e. The van der Waals surface area contributed by atoms with Crippen LogP contribution in [-0.2, 0) is 31.6 Å². The van der Waals surface area contributed by atoms with Gasteiger partial charge in [0.2, 0.25) is 0 Å². The lowest BCUT2D eigenvalue weighted by atomic mass is 9.96. The molecule has 3 rings (SSSR count). The van der Waals surface area contributed by atoms with Crippen LogP contribution in [0.2, 0.25) is 0 Å². The molecule has 0 spiro atoms. The number of hydrogen-bond donors (Lipinski definition) is 4. The molecule has 0 unspecified atom stereocenters. The number of amides is 1. The first-order valence-electron chi connectivity index (χ1n) is 8.42. The van der Waals surface area contributed by atoms with E-state index in [2.05, 4.69) is 4.72 Å². The van der Waals surface area contributed by atoms with Gasteiger partial charge in [-0.1, -0.05) is 18.2 Å². The van der Waals surface area contributed by atoms with Crippen LogP contribution in [0.4, 0.5) is 11.4 Å². The topological polar surface area (TPSA) is 159 Å². The second-order valence-corrected chi connectivity index (χ2v) is 9.63. The van der Waals surface area contributed by atoms with Crippen LogP contribution in [-0.4, -0.2) is 34.4 Å². The molecule has 0 radical (unpaired) electrons. The van der Waals surface area contributed by atoms with E-state index in [0.717, 1.165) is 9.87 Å². The van der Waals surface area contributed by atoms with Gasteiger partial charge in [0.15, 0.2) is 0 Å². The zero-order valence-electron chi connectivity index (χ0n) is 15.6. The molecule has 0 bridgehead atoms. The van der Waals surface area contributed by atoms with Gasteiger partial charge in [0.05, 0.1) is 11.4 Å². The van der Waals surface area contributed by atoms with E-state index in [1.54, 1.807) is 19.1 Å². The standard InChI is InChI=1S/C17H20N4O6S2/c1-10-3-4-11(2)17(20-28(18,24)25)13(10)7-12-5-6-14(15(22)8-12)21-9-16(23)19-29(21,26)27/h3-6,8,20,22H,7,9H2,1-2H3,(H,19,23)(H2,18,24,25). The molecule has 1 saturated heterocycles. The van der Waals surface area contributed by atoms with Gasteiger partial charge in [-0.2, -0.15) is 16.8 Å². The first kappa shape index (κ1) is 20.9. The third-order valence-corrected chi connectivity index (χ3v) is 6.39. The highest BCUT2D eigenvalue weighted by Gasteiger charge is 2.35. The SMILES string of the molecule is Cc1ccc(C)c(NS(N)(=O)=O)c1Cc1ccc(N2CC(=O)NS2(=O)=O)c(O)c1. The molecule has 12 heteroatoms. The quantitative estimate of drug-likeness (QED) is 0.526. The number of anilines is 2. The molecule has 156 valence electrons. The fraction of sp³-hybridized carbons (Fsp3) is 0.235. The lowest BCUT2D eigenvalue weighted by Gasteiger charge is -2.18. The summed E-state index contributed by atoms with van der Waals surface area (Å²) in [6, 6.07) is 7.95. The summed E-state index contributed by atoms with van der Waals surface area (Å²) in [4.78, 5) is 11.4. The van der Waals surface area contributed by atoms with E-state index in [0.29, 0.717) is 22.4 Å². The summed E-state index contributed by atoms with van der Waals surface area (Å²) in [6.07, 6.45) is 0.253. The van der Waals surface area contributed by atoms with Crippen molar-refractivity contribution >= 4 is 37.7 Å². The van der Waals surface area contributed by atoms with Gasteiger partial charge >= 0.3 is 10.2 Å². The van der Waals surface area contributed by atoms with E-state index in [9.17, 15) is 26.7 Å². The van der Waals surface area contributed by atoms with Crippen molar-refractivity contribution in [1.29, 1.82) is 0 Å². The minimum absolute atomic E-state index is 0.0315. The van der Waals surface area contributed by atoms with Crippen LogP contribution in [0.5, 0.6) is 5.75 Å². The Kier molecular flexibility index (Phi) is 5.19. The summed E-state index contributed by atoms with van der Waals surface area (Å²) in [5.41, 5.74) is 3.07. The molecular formula is C17H20N4O6S2. The highest BCUT2D eigenvalue weighted by molar-refractivity contribution is 7.92. The first-order valence-corrected chi connectivity index (χ1v) is 11.4.